The Morgan fingerprint density at radius 2 is 1.67 bits per heavy atom. The number of hydrogen-bond acceptors (Lipinski definition) is 3. The van der Waals surface area contributed by atoms with Gasteiger partial charge in [-0.1, -0.05) is 34.8 Å². The lowest BCUT2D eigenvalue weighted by atomic mass is 10.1. The number of hydrogen-bond donors (Lipinski definition) is 2. The summed E-state index contributed by atoms with van der Waals surface area (Å²) in [5, 5.41) is 11.9. The number of amides is 1. The summed E-state index contributed by atoms with van der Waals surface area (Å²) in [7, 11) is 0. The fraction of sp³-hybridized carbons (Fsp3) is 0.0714. The first-order valence-corrected chi connectivity index (χ1v) is 8.07. The maximum absolute atomic E-state index is 12.3. The molecule has 128 valence electrons. The van der Waals surface area contributed by atoms with E-state index in [-0.39, 0.29) is 43.0 Å². The first-order valence-electron chi connectivity index (χ1n) is 6.12. The summed E-state index contributed by atoms with van der Waals surface area (Å²) < 4.78 is 36.8. The largest absolute Gasteiger partial charge is 0.505 e. The van der Waals surface area contributed by atoms with Gasteiger partial charge in [-0.25, -0.2) is 0 Å². The third-order valence-corrected chi connectivity index (χ3v) is 4.53. The fourth-order valence-electron chi connectivity index (χ4n) is 1.73. The number of phenols is 1. The lowest BCUT2D eigenvalue weighted by Gasteiger charge is -2.11. The molecular formula is C14H7Cl3F3NO2S. The average molecular weight is 417 g/mol. The Morgan fingerprint density at radius 3 is 2.21 bits per heavy atom. The highest BCUT2D eigenvalue weighted by molar-refractivity contribution is 8.00. The van der Waals surface area contributed by atoms with Crippen LogP contribution in [0.2, 0.25) is 15.1 Å². The van der Waals surface area contributed by atoms with Gasteiger partial charge in [-0.2, -0.15) is 13.2 Å². The third kappa shape index (κ3) is 4.63. The van der Waals surface area contributed by atoms with Gasteiger partial charge >= 0.3 is 5.51 Å². The highest BCUT2D eigenvalue weighted by Crippen LogP contribution is 2.39. The van der Waals surface area contributed by atoms with Gasteiger partial charge in [0.25, 0.3) is 5.91 Å². The van der Waals surface area contributed by atoms with Crippen molar-refractivity contribution in [2.75, 3.05) is 5.32 Å². The Hall–Kier alpha value is -1.28. The number of anilines is 1. The minimum Gasteiger partial charge on any atom is -0.505 e. The zero-order valence-electron chi connectivity index (χ0n) is 11.4. The molecule has 0 radical (unpaired) electrons. The van der Waals surface area contributed by atoms with Gasteiger partial charge in [0.2, 0.25) is 0 Å². The minimum atomic E-state index is -4.40. The molecule has 1 amide bonds. The van der Waals surface area contributed by atoms with Crippen LogP contribution in [0.5, 0.6) is 5.75 Å². The van der Waals surface area contributed by atoms with Gasteiger partial charge in [-0.3, -0.25) is 4.79 Å². The smallest absolute Gasteiger partial charge is 0.446 e. The lowest BCUT2D eigenvalue weighted by molar-refractivity contribution is -0.0328. The van der Waals surface area contributed by atoms with E-state index in [0.717, 1.165) is 0 Å². The molecule has 2 aromatic carbocycles. The van der Waals surface area contributed by atoms with Crippen molar-refractivity contribution in [3.63, 3.8) is 0 Å². The molecule has 0 aliphatic rings. The monoisotopic (exact) mass is 415 g/mol. The molecule has 0 unspecified atom stereocenters. The number of thioether (sulfide) groups is 1. The quantitative estimate of drug-likeness (QED) is 0.461. The number of alkyl halides is 3. The van der Waals surface area contributed by atoms with Crippen LogP contribution >= 0.6 is 46.6 Å². The Labute approximate surface area is 153 Å². The normalized spacial score (nSPS) is 11.4. The molecule has 0 aromatic heterocycles. The van der Waals surface area contributed by atoms with Crippen LogP contribution in [0.1, 0.15) is 10.4 Å². The first-order chi connectivity index (χ1) is 11.1. The average Bonchev–Trinajstić information content (AvgIpc) is 2.46. The van der Waals surface area contributed by atoms with Crippen LogP contribution in [0.25, 0.3) is 0 Å². The van der Waals surface area contributed by atoms with Crippen LogP contribution in [-0.2, 0) is 0 Å². The molecule has 2 aromatic rings. The van der Waals surface area contributed by atoms with Crippen molar-refractivity contribution in [2.45, 2.75) is 10.4 Å². The molecule has 0 saturated heterocycles. The summed E-state index contributed by atoms with van der Waals surface area (Å²) in [6.45, 7) is 0. The zero-order valence-corrected chi connectivity index (χ0v) is 14.5. The molecule has 0 atom stereocenters. The molecule has 2 N–H and O–H groups in total. The molecular weight excluding hydrogens is 410 g/mol. The SMILES string of the molecule is O=C(Nc1ccc(SC(F)(F)F)cc1)c1c(O)c(Cl)cc(Cl)c1Cl. The maximum Gasteiger partial charge on any atom is 0.446 e. The predicted molar refractivity (Wildman–Crippen MR) is 89.4 cm³/mol. The molecule has 0 aliphatic heterocycles. The number of benzene rings is 2. The number of halogens is 6. The van der Waals surface area contributed by atoms with E-state index >= 15 is 0 Å². The van der Waals surface area contributed by atoms with E-state index < -0.39 is 17.2 Å². The molecule has 2 rings (SSSR count). The van der Waals surface area contributed by atoms with Crippen LogP contribution < -0.4 is 5.32 Å². The van der Waals surface area contributed by atoms with Gasteiger partial charge in [0.05, 0.1) is 15.1 Å². The summed E-state index contributed by atoms with van der Waals surface area (Å²) in [6.07, 6.45) is 0. The van der Waals surface area contributed by atoms with Crippen molar-refractivity contribution in [2.24, 2.45) is 0 Å². The topological polar surface area (TPSA) is 49.3 Å². The van der Waals surface area contributed by atoms with Crippen molar-refractivity contribution in [3.05, 3.63) is 51.0 Å². The molecule has 24 heavy (non-hydrogen) atoms. The molecule has 3 nitrogen and oxygen atoms in total. The summed E-state index contributed by atoms with van der Waals surface area (Å²) in [6, 6.07) is 6.13. The van der Waals surface area contributed by atoms with Crippen LogP contribution in [0.15, 0.2) is 35.2 Å². The standard InChI is InChI=1S/C14H7Cl3F3NO2S/c15-8-5-9(16)12(22)10(11(8)17)13(23)21-6-1-3-7(4-2-6)24-14(18,19)20/h1-5,22H,(H,21,23). The third-order valence-electron chi connectivity index (χ3n) is 2.72. The molecule has 0 bridgehead atoms. The molecule has 0 saturated carbocycles. The van der Waals surface area contributed by atoms with E-state index in [4.69, 9.17) is 34.8 Å². The van der Waals surface area contributed by atoms with Gasteiger partial charge in [-0.15, -0.1) is 0 Å². The van der Waals surface area contributed by atoms with Gasteiger partial charge < -0.3 is 10.4 Å². The molecule has 0 heterocycles. The van der Waals surface area contributed by atoms with E-state index in [1.165, 1.54) is 30.3 Å². The maximum atomic E-state index is 12.3. The molecule has 0 spiro atoms. The number of carbonyl (C=O) groups excluding carboxylic acids is 1. The van der Waals surface area contributed by atoms with Crippen LogP contribution in [-0.4, -0.2) is 16.5 Å². The second-order valence-corrected chi connectivity index (χ2v) is 6.73. The number of rotatable bonds is 3. The Bertz CT molecular complexity index is 756. The molecule has 0 fully saturated rings. The number of nitrogens with one attached hydrogen (secondary N) is 1. The van der Waals surface area contributed by atoms with E-state index in [9.17, 15) is 23.1 Å². The number of aromatic hydroxyl groups is 1. The van der Waals surface area contributed by atoms with Crippen molar-refractivity contribution in [1.29, 1.82) is 0 Å². The van der Waals surface area contributed by atoms with Crippen LogP contribution in [0.4, 0.5) is 18.9 Å². The van der Waals surface area contributed by atoms with Crippen molar-refractivity contribution in [3.8, 4) is 5.75 Å². The van der Waals surface area contributed by atoms with Crippen LogP contribution in [0.3, 0.4) is 0 Å². The minimum absolute atomic E-state index is 0.0264. The number of phenolic OH excluding ortho intramolecular Hbond substituents is 1. The van der Waals surface area contributed by atoms with Crippen molar-refractivity contribution < 1.29 is 23.1 Å². The van der Waals surface area contributed by atoms with E-state index in [1.807, 2.05) is 0 Å². The van der Waals surface area contributed by atoms with Gasteiger partial charge in [0.15, 0.2) is 0 Å². The van der Waals surface area contributed by atoms with Gasteiger partial charge in [0.1, 0.15) is 11.3 Å². The Morgan fingerprint density at radius 1 is 1.08 bits per heavy atom. The molecule has 0 aliphatic carbocycles. The van der Waals surface area contributed by atoms with Crippen molar-refractivity contribution >= 4 is 58.2 Å². The highest BCUT2D eigenvalue weighted by Gasteiger charge is 2.29. The van der Waals surface area contributed by atoms with E-state index in [1.54, 1.807) is 0 Å². The summed E-state index contributed by atoms with van der Waals surface area (Å²) in [5.41, 5.74) is -4.53. The van der Waals surface area contributed by atoms with Crippen LogP contribution in [0, 0.1) is 0 Å². The fourth-order valence-corrected chi connectivity index (χ4v) is 2.96. The predicted octanol–water partition coefficient (Wildman–Crippen LogP) is 6.22. The van der Waals surface area contributed by atoms with E-state index in [2.05, 4.69) is 5.32 Å². The zero-order chi connectivity index (χ0) is 18.1. The van der Waals surface area contributed by atoms with Crippen molar-refractivity contribution in [1.82, 2.24) is 0 Å². The van der Waals surface area contributed by atoms with Gasteiger partial charge in [-0.05, 0) is 42.1 Å². The summed E-state index contributed by atoms with van der Waals surface area (Å²) in [4.78, 5) is 12.2. The van der Waals surface area contributed by atoms with Gasteiger partial charge in [0, 0.05) is 10.6 Å². The highest BCUT2D eigenvalue weighted by atomic mass is 35.5. The number of carbonyl (C=O) groups is 1. The first kappa shape index (κ1) is 19.1. The second kappa shape index (κ2) is 7.31. The molecule has 10 heteroatoms. The Balaban J connectivity index is 2.22. The Kier molecular flexibility index (Phi) is 5.80. The second-order valence-electron chi connectivity index (χ2n) is 4.40. The van der Waals surface area contributed by atoms with E-state index in [0.29, 0.717) is 0 Å². The lowest BCUT2D eigenvalue weighted by Crippen LogP contribution is -2.13. The summed E-state index contributed by atoms with van der Waals surface area (Å²) >= 11 is 17.2. The summed E-state index contributed by atoms with van der Waals surface area (Å²) in [5.74, 6) is -1.36.